The zero-order chi connectivity index (χ0) is 14.8. The van der Waals surface area contributed by atoms with Gasteiger partial charge in [-0.05, 0) is 24.6 Å². The minimum atomic E-state index is -0.267. The Balaban J connectivity index is 0.00000400. The van der Waals surface area contributed by atoms with E-state index in [4.69, 9.17) is 11.2 Å². The molecule has 2 N–H and O–H groups in total. The summed E-state index contributed by atoms with van der Waals surface area (Å²) in [7, 11) is 1.54. The molecule has 116 valence electrons. The normalized spacial score (nSPS) is 10.5. The van der Waals surface area contributed by atoms with Crippen LogP contribution >= 0.6 is 24.0 Å². The lowest BCUT2D eigenvalue weighted by Crippen LogP contribution is -2.37. The molecule has 0 amide bonds. The van der Waals surface area contributed by atoms with Gasteiger partial charge in [-0.2, -0.15) is 0 Å². The number of hydrogen-bond donors (Lipinski definition) is 2. The van der Waals surface area contributed by atoms with Crippen molar-refractivity contribution in [2.24, 2.45) is 4.99 Å². The van der Waals surface area contributed by atoms with E-state index in [0.29, 0.717) is 24.6 Å². The third-order valence-electron chi connectivity index (χ3n) is 2.53. The lowest BCUT2D eigenvalue weighted by atomic mass is 10.1. The number of guanidine groups is 1. The van der Waals surface area contributed by atoms with Crippen LogP contribution in [0.2, 0.25) is 0 Å². The molecule has 6 heteroatoms. The first-order chi connectivity index (χ1) is 9.71. The summed E-state index contributed by atoms with van der Waals surface area (Å²) in [5.41, 5.74) is 1.44. The molecule has 0 saturated heterocycles. The Morgan fingerprint density at radius 2 is 2.19 bits per heavy atom. The second-order valence-corrected chi connectivity index (χ2v) is 4.11. The van der Waals surface area contributed by atoms with Gasteiger partial charge in [0.25, 0.3) is 0 Å². The molecule has 0 heterocycles. The second-order valence-electron chi connectivity index (χ2n) is 4.11. The zero-order valence-corrected chi connectivity index (χ0v) is 14.6. The Morgan fingerprint density at radius 3 is 2.81 bits per heavy atom. The van der Waals surface area contributed by atoms with Crippen molar-refractivity contribution in [3.05, 3.63) is 35.1 Å². The van der Waals surface area contributed by atoms with Crippen LogP contribution in [0.15, 0.2) is 23.2 Å². The average Bonchev–Trinajstić information content (AvgIpc) is 2.45. The number of nitrogens with one attached hydrogen (secondary N) is 2. The van der Waals surface area contributed by atoms with Crippen molar-refractivity contribution in [1.82, 2.24) is 10.6 Å². The predicted molar refractivity (Wildman–Crippen MR) is 94.2 cm³/mol. The lowest BCUT2D eigenvalue weighted by molar-refractivity contribution is 0.181. The summed E-state index contributed by atoms with van der Waals surface area (Å²) in [5.74, 6) is 2.87. The van der Waals surface area contributed by atoms with Gasteiger partial charge in [0.1, 0.15) is 5.82 Å². The molecular weight excluding hydrogens is 384 g/mol. The van der Waals surface area contributed by atoms with Crippen LogP contribution in [-0.4, -0.2) is 26.2 Å². The average molecular weight is 405 g/mol. The van der Waals surface area contributed by atoms with Gasteiger partial charge in [0.2, 0.25) is 0 Å². The highest BCUT2D eigenvalue weighted by Gasteiger charge is 2.03. The van der Waals surface area contributed by atoms with Crippen molar-refractivity contribution in [3.8, 4) is 12.3 Å². The number of rotatable bonds is 6. The molecule has 1 aromatic rings. The lowest BCUT2D eigenvalue weighted by Gasteiger charge is -2.09. The molecule has 0 aliphatic rings. The molecule has 0 aliphatic carbocycles. The minimum absolute atomic E-state index is 0. The molecule has 0 bridgehead atoms. The number of nitrogens with zero attached hydrogens (tertiary/aromatic N) is 1. The molecule has 1 rings (SSSR count). The van der Waals surface area contributed by atoms with Crippen LogP contribution in [0.25, 0.3) is 0 Å². The molecule has 0 aliphatic heterocycles. The molecular formula is C15H21FIN3O. The smallest absolute Gasteiger partial charge is 0.192 e. The summed E-state index contributed by atoms with van der Waals surface area (Å²) in [6.45, 7) is 3.82. The highest BCUT2D eigenvalue weighted by molar-refractivity contribution is 14.0. The van der Waals surface area contributed by atoms with Gasteiger partial charge in [0.05, 0.1) is 19.7 Å². The standard InChI is InChI=1S/C15H20FN3O.HI/c1-4-8-18-15(17-5-2)19-10-12-6-7-14(16)13(9-12)11-20-3;/h1,6-7,9H,5,8,10-11H2,2-3H3,(H2,17,18,19);1H. The van der Waals surface area contributed by atoms with E-state index in [1.54, 1.807) is 12.1 Å². The van der Waals surface area contributed by atoms with Crippen LogP contribution in [0.1, 0.15) is 18.1 Å². The fraction of sp³-hybridized carbons (Fsp3) is 0.400. The number of benzene rings is 1. The van der Waals surface area contributed by atoms with Crippen LogP contribution in [-0.2, 0) is 17.9 Å². The number of terminal acetylenes is 1. The fourth-order valence-corrected chi connectivity index (χ4v) is 1.64. The van der Waals surface area contributed by atoms with Crippen LogP contribution in [0.4, 0.5) is 4.39 Å². The maximum Gasteiger partial charge on any atom is 0.192 e. The van der Waals surface area contributed by atoms with Crippen LogP contribution in [0.3, 0.4) is 0 Å². The van der Waals surface area contributed by atoms with E-state index in [2.05, 4.69) is 21.5 Å². The Bertz CT molecular complexity index is 500. The van der Waals surface area contributed by atoms with E-state index in [9.17, 15) is 4.39 Å². The van der Waals surface area contributed by atoms with Gasteiger partial charge in [-0.15, -0.1) is 30.4 Å². The molecule has 21 heavy (non-hydrogen) atoms. The molecule has 0 atom stereocenters. The zero-order valence-electron chi connectivity index (χ0n) is 12.3. The molecule has 1 aromatic carbocycles. The molecule has 0 radical (unpaired) electrons. The van der Waals surface area contributed by atoms with Crippen molar-refractivity contribution in [2.45, 2.75) is 20.1 Å². The van der Waals surface area contributed by atoms with E-state index in [1.807, 2.05) is 6.92 Å². The Labute approximate surface area is 142 Å². The number of ether oxygens (including phenoxy) is 1. The third-order valence-corrected chi connectivity index (χ3v) is 2.53. The minimum Gasteiger partial charge on any atom is -0.380 e. The van der Waals surface area contributed by atoms with Gasteiger partial charge in [-0.25, -0.2) is 9.38 Å². The van der Waals surface area contributed by atoms with E-state index in [-0.39, 0.29) is 36.4 Å². The second kappa shape index (κ2) is 11.3. The maximum atomic E-state index is 13.5. The summed E-state index contributed by atoms with van der Waals surface area (Å²) in [6, 6.07) is 4.90. The van der Waals surface area contributed by atoms with E-state index in [1.165, 1.54) is 13.2 Å². The van der Waals surface area contributed by atoms with Gasteiger partial charge >= 0.3 is 0 Å². The molecule has 4 nitrogen and oxygen atoms in total. The molecule has 0 fully saturated rings. The first kappa shape index (κ1) is 19.7. The summed E-state index contributed by atoms with van der Waals surface area (Å²) in [5, 5.41) is 6.08. The molecule has 0 spiro atoms. The van der Waals surface area contributed by atoms with Gasteiger partial charge in [-0.3, -0.25) is 0 Å². The Kier molecular flexibility index (Phi) is 10.6. The predicted octanol–water partition coefficient (Wildman–Crippen LogP) is 2.28. The molecule has 0 unspecified atom stereocenters. The van der Waals surface area contributed by atoms with Crippen LogP contribution in [0.5, 0.6) is 0 Å². The molecule has 0 saturated carbocycles. The topological polar surface area (TPSA) is 45.7 Å². The van der Waals surface area contributed by atoms with Gasteiger partial charge in [0, 0.05) is 19.2 Å². The first-order valence-corrected chi connectivity index (χ1v) is 6.43. The monoisotopic (exact) mass is 405 g/mol. The van der Waals surface area contributed by atoms with Gasteiger partial charge < -0.3 is 15.4 Å². The SMILES string of the molecule is C#CCNC(=NCc1ccc(F)c(COC)c1)NCC.I. The fourth-order valence-electron chi connectivity index (χ4n) is 1.64. The Hall–Kier alpha value is -1.33. The van der Waals surface area contributed by atoms with Gasteiger partial charge in [-0.1, -0.05) is 12.0 Å². The van der Waals surface area contributed by atoms with Crippen molar-refractivity contribution in [1.29, 1.82) is 0 Å². The van der Waals surface area contributed by atoms with Crippen LogP contribution in [0, 0.1) is 18.2 Å². The first-order valence-electron chi connectivity index (χ1n) is 6.43. The van der Waals surface area contributed by atoms with Gasteiger partial charge in [0.15, 0.2) is 5.96 Å². The third kappa shape index (κ3) is 7.29. The molecule has 0 aromatic heterocycles. The van der Waals surface area contributed by atoms with Crippen molar-refractivity contribution in [2.75, 3.05) is 20.2 Å². The summed E-state index contributed by atoms with van der Waals surface area (Å²) < 4.78 is 18.4. The van der Waals surface area contributed by atoms with Crippen molar-refractivity contribution < 1.29 is 9.13 Å². The van der Waals surface area contributed by atoms with E-state index < -0.39 is 0 Å². The number of halogens is 2. The summed E-state index contributed by atoms with van der Waals surface area (Å²) >= 11 is 0. The van der Waals surface area contributed by atoms with E-state index in [0.717, 1.165) is 12.1 Å². The highest BCUT2D eigenvalue weighted by atomic mass is 127. The largest absolute Gasteiger partial charge is 0.380 e. The summed E-state index contributed by atoms with van der Waals surface area (Å²) in [4.78, 5) is 4.39. The van der Waals surface area contributed by atoms with Crippen LogP contribution < -0.4 is 10.6 Å². The summed E-state index contributed by atoms with van der Waals surface area (Å²) in [6.07, 6.45) is 5.20. The van der Waals surface area contributed by atoms with E-state index >= 15 is 0 Å². The Morgan fingerprint density at radius 1 is 1.43 bits per heavy atom. The van der Waals surface area contributed by atoms with Crippen molar-refractivity contribution >= 4 is 29.9 Å². The van der Waals surface area contributed by atoms with Crippen molar-refractivity contribution in [3.63, 3.8) is 0 Å². The number of aliphatic imine (C=N–C) groups is 1. The number of hydrogen-bond acceptors (Lipinski definition) is 2. The number of methoxy groups -OCH3 is 1. The highest BCUT2D eigenvalue weighted by Crippen LogP contribution is 2.12. The quantitative estimate of drug-likeness (QED) is 0.331. The maximum absolute atomic E-state index is 13.5.